The molecule has 0 unspecified atom stereocenters. The summed E-state index contributed by atoms with van der Waals surface area (Å²) in [4.78, 5) is 24.0. The molecule has 0 saturated heterocycles. The van der Waals surface area contributed by atoms with Crippen molar-refractivity contribution >= 4 is 49.1 Å². The van der Waals surface area contributed by atoms with Gasteiger partial charge in [-0.1, -0.05) is 12.1 Å². The molecule has 2 aromatic rings. The fourth-order valence-corrected chi connectivity index (χ4v) is 3.67. The summed E-state index contributed by atoms with van der Waals surface area (Å²) in [7, 11) is -3.79. The first kappa shape index (κ1) is 18.6. The number of carbonyl (C=O) groups excluding carboxylic acids is 2. The van der Waals surface area contributed by atoms with Gasteiger partial charge >= 0.3 is 0 Å². The third-order valence-corrected chi connectivity index (χ3v) is 5.46. The normalized spacial score (nSPS) is 11.1. The van der Waals surface area contributed by atoms with Gasteiger partial charge in [0.1, 0.15) is 0 Å². The zero-order chi connectivity index (χ0) is 17.7. The topological polar surface area (TPSA) is 118 Å². The van der Waals surface area contributed by atoms with Crippen molar-refractivity contribution in [2.24, 2.45) is 5.14 Å². The second-order valence-corrected chi connectivity index (χ2v) is 8.78. The molecular weight excluding hydrogens is 418 g/mol. The SMILES string of the molecule is NS(=O)(=O)c1cccc(CNC(=O)CNC(=O)c2ccc(Br)s2)c1. The molecule has 24 heavy (non-hydrogen) atoms. The molecule has 1 aromatic carbocycles. The van der Waals surface area contributed by atoms with Gasteiger partial charge in [-0.05, 0) is 45.8 Å². The van der Waals surface area contributed by atoms with Crippen molar-refractivity contribution in [3.63, 3.8) is 0 Å². The first-order chi connectivity index (χ1) is 11.3. The molecule has 0 spiro atoms. The van der Waals surface area contributed by atoms with E-state index < -0.39 is 10.0 Å². The van der Waals surface area contributed by atoms with Crippen molar-refractivity contribution in [3.8, 4) is 0 Å². The highest BCUT2D eigenvalue weighted by atomic mass is 79.9. The molecular formula is C14H14BrN3O4S2. The van der Waals surface area contributed by atoms with Crippen molar-refractivity contribution < 1.29 is 18.0 Å². The molecule has 0 fully saturated rings. The van der Waals surface area contributed by atoms with Crippen molar-refractivity contribution in [1.82, 2.24) is 10.6 Å². The number of carbonyl (C=O) groups is 2. The number of primary sulfonamides is 1. The van der Waals surface area contributed by atoms with Gasteiger partial charge < -0.3 is 10.6 Å². The number of sulfonamides is 1. The highest BCUT2D eigenvalue weighted by Gasteiger charge is 2.11. The highest BCUT2D eigenvalue weighted by Crippen LogP contribution is 2.21. The second-order valence-electron chi connectivity index (χ2n) is 4.76. The van der Waals surface area contributed by atoms with E-state index in [0.717, 1.165) is 3.79 Å². The molecule has 2 rings (SSSR count). The van der Waals surface area contributed by atoms with E-state index in [2.05, 4.69) is 26.6 Å². The molecule has 7 nitrogen and oxygen atoms in total. The van der Waals surface area contributed by atoms with Crippen LogP contribution in [0.1, 0.15) is 15.2 Å². The lowest BCUT2D eigenvalue weighted by molar-refractivity contribution is -0.120. The van der Waals surface area contributed by atoms with E-state index in [4.69, 9.17) is 5.14 Å². The van der Waals surface area contributed by atoms with Crippen LogP contribution >= 0.6 is 27.3 Å². The number of rotatable bonds is 6. The molecule has 1 aromatic heterocycles. The van der Waals surface area contributed by atoms with E-state index in [1.54, 1.807) is 18.2 Å². The summed E-state index contributed by atoms with van der Waals surface area (Å²) in [6, 6.07) is 9.37. The van der Waals surface area contributed by atoms with Crippen LogP contribution in [-0.4, -0.2) is 26.8 Å². The standard InChI is InChI=1S/C14H14BrN3O4S2/c15-12-5-4-11(23-12)14(20)18-8-13(19)17-7-9-2-1-3-10(6-9)24(16,21)22/h1-6H,7-8H2,(H,17,19)(H,18,20)(H2,16,21,22). The van der Waals surface area contributed by atoms with E-state index in [1.807, 2.05) is 0 Å². The number of thiophene rings is 1. The number of nitrogens with one attached hydrogen (secondary N) is 2. The van der Waals surface area contributed by atoms with Crippen molar-refractivity contribution in [2.75, 3.05) is 6.54 Å². The third-order valence-electron chi connectivity index (χ3n) is 2.92. The molecule has 1 heterocycles. The summed E-state index contributed by atoms with van der Waals surface area (Å²) >= 11 is 4.52. The van der Waals surface area contributed by atoms with E-state index in [1.165, 1.54) is 29.5 Å². The number of hydrogen-bond acceptors (Lipinski definition) is 5. The summed E-state index contributed by atoms with van der Waals surface area (Å²) in [6.07, 6.45) is 0. The molecule has 128 valence electrons. The van der Waals surface area contributed by atoms with Gasteiger partial charge in [-0.2, -0.15) is 0 Å². The summed E-state index contributed by atoms with van der Waals surface area (Å²) in [5.41, 5.74) is 0.586. The average Bonchev–Trinajstić information content (AvgIpc) is 2.96. The van der Waals surface area contributed by atoms with Crippen molar-refractivity contribution in [2.45, 2.75) is 11.4 Å². The average molecular weight is 432 g/mol. The van der Waals surface area contributed by atoms with Gasteiger partial charge in [0.05, 0.1) is 20.1 Å². The second kappa shape index (κ2) is 7.88. The van der Waals surface area contributed by atoms with E-state index in [0.29, 0.717) is 10.4 Å². The van der Waals surface area contributed by atoms with Crippen LogP contribution in [0.3, 0.4) is 0 Å². The number of amides is 2. The summed E-state index contributed by atoms with van der Waals surface area (Å²) in [5, 5.41) is 10.2. The Balaban J connectivity index is 1.84. The Morgan fingerprint density at radius 3 is 2.54 bits per heavy atom. The lowest BCUT2D eigenvalue weighted by Crippen LogP contribution is -2.36. The minimum Gasteiger partial charge on any atom is -0.350 e. The molecule has 4 N–H and O–H groups in total. The predicted octanol–water partition coefficient (Wildman–Crippen LogP) is 1.20. The largest absolute Gasteiger partial charge is 0.350 e. The molecule has 0 bridgehead atoms. The number of nitrogens with two attached hydrogens (primary N) is 1. The van der Waals surface area contributed by atoms with E-state index in [9.17, 15) is 18.0 Å². The smallest absolute Gasteiger partial charge is 0.261 e. The molecule has 0 aliphatic carbocycles. The van der Waals surface area contributed by atoms with Gasteiger partial charge in [-0.3, -0.25) is 9.59 Å². The minimum atomic E-state index is -3.79. The van der Waals surface area contributed by atoms with E-state index >= 15 is 0 Å². The third kappa shape index (κ3) is 5.41. The van der Waals surface area contributed by atoms with Crippen LogP contribution in [0.2, 0.25) is 0 Å². The van der Waals surface area contributed by atoms with Gasteiger partial charge in [0, 0.05) is 6.54 Å². The van der Waals surface area contributed by atoms with Crippen LogP contribution in [0.15, 0.2) is 45.1 Å². The van der Waals surface area contributed by atoms with Crippen LogP contribution in [0.5, 0.6) is 0 Å². The lowest BCUT2D eigenvalue weighted by Gasteiger charge is -2.07. The fourth-order valence-electron chi connectivity index (χ4n) is 1.78. The number of halogens is 1. The van der Waals surface area contributed by atoms with Crippen LogP contribution in [0.4, 0.5) is 0 Å². The number of hydrogen-bond donors (Lipinski definition) is 3. The van der Waals surface area contributed by atoms with Gasteiger partial charge in [-0.15, -0.1) is 11.3 Å². The number of benzene rings is 1. The molecule has 0 atom stereocenters. The van der Waals surface area contributed by atoms with Gasteiger partial charge in [0.25, 0.3) is 5.91 Å². The van der Waals surface area contributed by atoms with Crippen LogP contribution in [0, 0.1) is 0 Å². The fraction of sp³-hybridized carbons (Fsp3) is 0.143. The van der Waals surface area contributed by atoms with E-state index in [-0.39, 0.29) is 29.8 Å². The summed E-state index contributed by atoms with van der Waals surface area (Å²) < 4.78 is 23.4. The first-order valence-electron chi connectivity index (χ1n) is 6.67. The maximum Gasteiger partial charge on any atom is 0.261 e. The zero-order valence-electron chi connectivity index (χ0n) is 12.3. The first-order valence-corrected chi connectivity index (χ1v) is 9.83. The van der Waals surface area contributed by atoms with Crippen LogP contribution < -0.4 is 15.8 Å². The minimum absolute atomic E-state index is 0.0224. The monoisotopic (exact) mass is 431 g/mol. The van der Waals surface area contributed by atoms with Gasteiger partial charge in [-0.25, -0.2) is 13.6 Å². The maximum atomic E-state index is 11.8. The van der Waals surface area contributed by atoms with Crippen molar-refractivity contribution in [3.05, 3.63) is 50.6 Å². The van der Waals surface area contributed by atoms with Gasteiger partial charge in [0.2, 0.25) is 15.9 Å². The Labute approximate surface area is 151 Å². The molecule has 0 aliphatic heterocycles. The molecule has 0 radical (unpaired) electrons. The molecule has 2 amide bonds. The quantitative estimate of drug-likeness (QED) is 0.636. The molecule has 0 aliphatic rings. The Bertz CT molecular complexity index is 864. The Kier molecular flexibility index (Phi) is 6.10. The predicted molar refractivity (Wildman–Crippen MR) is 94.0 cm³/mol. The highest BCUT2D eigenvalue weighted by molar-refractivity contribution is 9.11. The molecule has 0 saturated carbocycles. The van der Waals surface area contributed by atoms with Gasteiger partial charge in [0.15, 0.2) is 0 Å². The Morgan fingerprint density at radius 1 is 1.17 bits per heavy atom. The zero-order valence-corrected chi connectivity index (χ0v) is 15.5. The maximum absolute atomic E-state index is 11.8. The summed E-state index contributed by atoms with van der Waals surface area (Å²) in [6.45, 7) is -0.0498. The Hall–Kier alpha value is -1.75. The molecule has 10 heteroatoms. The van der Waals surface area contributed by atoms with Crippen LogP contribution in [-0.2, 0) is 21.4 Å². The van der Waals surface area contributed by atoms with Crippen LogP contribution in [0.25, 0.3) is 0 Å². The van der Waals surface area contributed by atoms with Crippen molar-refractivity contribution in [1.29, 1.82) is 0 Å². The summed E-state index contributed by atoms with van der Waals surface area (Å²) in [5.74, 6) is -0.725. The lowest BCUT2D eigenvalue weighted by atomic mass is 10.2. The Morgan fingerprint density at radius 2 is 1.92 bits per heavy atom.